The molecule has 2 amide bonds. The summed E-state index contributed by atoms with van der Waals surface area (Å²) < 4.78 is 6.31. The molecule has 1 aliphatic carbocycles. The highest BCUT2D eigenvalue weighted by atomic mass is 16.5. The van der Waals surface area contributed by atoms with Gasteiger partial charge in [-0.3, -0.25) is 19.6 Å². The Labute approximate surface area is 223 Å². The maximum atomic E-state index is 12.6. The number of aliphatic imine (C=N–C) groups is 1. The number of fused-ring (bicyclic) bond motifs is 1. The van der Waals surface area contributed by atoms with Crippen molar-refractivity contribution in [3.63, 3.8) is 0 Å². The van der Waals surface area contributed by atoms with Crippen LogP contribution >= 0.6 is 0 Å². The molecule has 4 rings (SSSR count). The van der Waals surface area contributed by atoms with Crippen LogP contribution in [0.5, 0.6) is 11.5 Å². The van der Waals surface area contributed by atoms with Gasteiger partial charge < -0.3 is 21.5 Å². The summed E-state index contributed by atoms with van der Waals surface area (Å²) in [5.41, 5.74) is 14.4. The van der Waals surface area contributed by atoms with Crippen LogP contribution < -0.4 is 21.5 Å². The molecule has 8 nitrogen and oxygen atoms in total. The number of nitrogens with one attached hydrogen (secondary N) is 1. The maximum absolute atomic E-state index is 12.6. The van der Waals surface area contributed by atoms with Crippen LogP contribution in [0, 0.1) is 6.92 Å². The number of hydrogen-bond acceptors (Lipinski definition) is 6. The molecular formula is C30H35N5O3. The zero-order chi connectivity index (χ0) is 27.5. The van der Waals surface area contributed by atoms with Gasteiger partial charge in [0.2, 0.25) is 11.8 Å². The molecule has 1 fully saturated rings. The van der Waals surface area contributed by atoms with Crippen molar-refractivity contribution in [3.05, 3.63) is 77.2 Å². The van der Waals surface area contributed by atoms with Crippen LogP contribution in [0.4, 0.5) is 0 Å². The summed E-state index contributed by atoms with van der Waals surface area (Å²) in [7, 11) is 0. The van der Waals surface area contributed by atoms with Crippen molar-refractivity contribution >= 4 is 28.9 Å². The van der Waals surface area contributed by atoms with Gasteiger partial charge in [0.15, 0.2) is 0 Å². The fourth-order valence-corrected chi connectivity index (χ4v) is 4.54. The Hall–Kier alpha value is -4.20. The molecule has 0 atom stereocenters. The Morgan fingerprint density at radius 3 is 2.50 bits per heavy atom. The molecule has 5 N–H and O–H groups in total. The number of nitrogens with two attached hydrogens (primary N) is 2. The molecule has 1 saturated carbocycles. The number of pyridine rings is 1. The normalized spacial score (nSPS) is 15.3. The van der Waals surface area contributed by atoms with Gasteiger partial charge in [-0.25, -0.2) is 0 Å². The zero-order valence-electron chi connectivity index (χ0n) is 22.4. The summed E-state index contributed by atoms with van der Waals surface area (Å²) >= 11 is 0. The molecule has 2 aromatic carbocycles. The van der Waals surface area contributed by atoms with Crippen LogP contribution in [0.15, 0.2) is 65.6 Å². The van der Waals surface area contributed by atoms with E-state index in [4.69, 9.17) is 16.2 Å². The van der Waals surface area contributed by atoms with Crippen LogP contribution in [0.1, 0.15) is 56.7 Å². The number of aromatic nitrogens is 1. The number of hydrogen-bond donors (Lipinski definition) is 3. The molecule has 1 aromatic heterocycles. The number of benzene rings is 2. The van der Waals surface area contributed by atoms with Gasteiger partial charge in [-0.2, -0.15) is 0 Å². The molecule has 0 radical (unpaired) electrons. The van der Waals surface area contributed by atoms with Crippen molar-refractivity contribution in [2.24, 2.45) is 16.5 Å². The van der Waals surface area contributed by atoms with Gasteiger partial charge in [0, 0.05) is 24.0 Å². The molecule has 8 heteroatoms. The van der Waals surface area contributed by atoms with Crippen LogP contribution in [0.3, 0.4) is 0 Å². The smallest absolute Gasteiger partial charge is 0.228 e. The number of carbonyl (C=O) groups excluding carboxylic acids is 2. The fourth-order valence-electron chi connectivity index (χ4n) is 4.54. The van der Waals surface area contributed by atoms with Crippen molar-refractivity contribution in [2.75, 3.05) is 0 Å². The molecule has 0 spiro atoms. The number of primary amides is 1. The lowest BCUT2D eigenvalue weighted by Crippen LogP contribution is -2.46. The van der Waals surface area contributed by atoms with E-state index in [9.17, 15) is 9.59 Å². The first kappa shape index (κ1) is 26.9. The average Bonchev–Trinajstić information content (AvgIpc) is 2.82. The summed E-state index contributed by atoms with van der Waals surface area (Å²) in [6, 6.07) is 13.3. The Balaban J connectivity index is 1.51. The lowest BCUT2D eigenvalue weighted by molar-refractivity contribution is -0.126. The number of carbonyl (C=O) groups is 2. The highest BCUT2D eigenvalue weighted by Gasteiger charge is 2.44. The monoisotopic (exact) mass is 513 g/mol. The molecule has 38 heavy (non-hydrogen) atoms. The quantitative estimate of drug-likeness (QED) is 0.380. The highest BCUT2D eigenvalue weighted by molar-refractivity contribution is 5.92. The van der Waals surface area contributed by atoms with Crippen molar-refractivity contribution in [2.45, 2.75) is 64.3 Å². The van der Waals surface area contributed by atoms with Gasteiger partial charge in [0.25, 0.3) is 0 Å². The van der Waals surface area contributed by atoms with E-state index < -0.39 is 5.41 Å². The molecule has 0 saturated heterocycles. The molecule has 0 unspecified atom stereocenters. The van der Waals surface area contributed by atoms with Gasteiger partial charge in [-0.05, 0) is 81.5 Å². The largest absolute Gasteiger partial charge is 0.456 e. The third-order valence-corrected chi connectivity index (χ3v) is 6.81. The van der Waals surface area contributed by atoms with Crippen molar-refractivity contribution < 1.29 is 14.3 Å². The van der Waals surface area contributed by atoms with Crippen LogP contribution in [-0.2, 0) is 21.4 Å². The van der Waals surface area contributed by atoms with E-state index in [0.29, 0.717) is 17.2 Å². The summed E-state index contributed by atoms with van der Waals surface area (Å²) in [6.07, 6.45) is 7.27. The number of rotatable bonds is 8. The van der Waals surface area contributed by atoms with Crippen molar-refractivity contribution in [1.29, 1.82) is 0 Å². The van der Waals surface area contributed by atoms with E-state index in [1.54, 1.807) is 12.4 Å². The Morgan fingerprint density at radius 2 is 1.89 bits per heavy atom. The minimum atomic E-state index is -0.614. The highest BCUT2D eigenvalue weighted by Crippen LogP contribution is 2.45. The molecule has 1 heterocycles. The molecule has 3 aromatic rings. The molecule has 0 aliphatic heterocycles. The molecule has 0 bridgehead atoms. The maximum Gasteiger partial charge on any atom is 0.228 e. The number of amides is 2. The van der Waals surface area contributed by atoms with Gasteiger partial charge in [-0.1, -0.05) is 24.6 Å². The summed E-state index contributed by atoms with van der Waals surface area (Å²) in [5, 5.41) is 3.61. The number of allylic oxidation sites excluding steroid dienone is 1. The van der Waals surface area contributed by atoms with Gasteiger partial charge in [0.1, 0.15) is 11.5 Å². The van der Waals surface area contributed by atoms with Gasteiger partial charge in [0.05, 0.1) is 28.6 Å². The molecular weight excluding hydrogens is 478 g/mol. The summed E-state index contributed by atoms with van der Waals surface area (Å²) in [6.45, 7) is 7.82. The topological polar surface area (TPSA) is 133 Å². The minimum Gasteiger partial charge on any atom is -0.456 e. The second-order valence-corrected chi connectivity index (χ2v) is 10.8. The molecule has 1 aliphatic rings. The fraction of sp³-hybridized carbons (Fsp3) is 0.333. The third-order valence-electron chi connectivity index (χ3n) is 6.81. The number of aryl methyl sites for hydroxylation is 1. The predicted octanol–water partition coefficient (Wildman–Crippen LogP) is 4.57. The minimum absolute atomic E-state index is 0.179. The summed E-state index contributed by atoms with van der Waals surface area (Å²) in [5.74, 6) is 0.822. The first-order chi connectivity index (χ1) is 18.0. The number of nitrogens with zero attached hydrogens (tertiary/aromatic N) is 2. The van der Waals surface area contributed by atoms with E-state index >= 15 is 0 Å². The Bertz CT molecular complexity index is 1430. The lowest BCUT2D eigenvalue weighted by atomic mass is 9.64. The summed E-state index contributed by atoms with van der Waals surface area (Å²) in [4.78, 5) is 33.7. The van der Waals surface area contributed by atoms with Crippen molar-refractivity contribution in [1.82, 2.24) is 10.3 Å². The standard InChI is InChI=1S/C30H35N5O3/c1-19-14-20(15-27(36)35-22(17-31)18-34-29(2,3)4)6-9-25(19)38-26-10-13-33-24-8-7-21(16-23(24)26)30(28(32)37)11-5-12-30/h6-10,13-14,16-18H,5,11-12,15,31H2,1-4H3,(H2,32,37)(H,35,36)/b22-17+,34-18?. The van der Waals surface area contributed by atoms with Gasteiger partial charge in [-0.15, -0.1) is 0 Å². The Morgan fingerprint density at radius 1 is 1.13 bits per heavy atom. The van der Waals surface area contributed by atoms with Gasteiger partial charge >= 0.3 is 0 Å². The van der Waals surface area contributed by atoms with Crippen LogP contribution in [0.2, 0.25) is 0 Å². The zero-order valence-corrected chi connectivity index (χ0v) is 22.4. The number of ether oxygens (including phenoxy) is 1. The van der Waals surface area contributed by atoms with E-state index in [2.05, 4.69) is 15.3 Å². The average molecular weight is 514 g/mol. The van der Waals surface area contributed by atoms with E-state index in [1.165, 1.54) is 6.20 Å². The first-order valence-corrected chi connectivity index (χ1v) is 12.7. The van der Waals surface area contributed by atoms with Crippen molar-refractivity contribution in [3.8, 4) is 11.5 Å². The van der Waals surface area contributed by atoms with Crippen LogP contribution in [-0.4, -0.2) is 28.6 Å². The van der Waals surface area contributed by atoms with E-state index in [0.717, 1.165) is 46.9 Å². The molecule has 198 valence electrons. The predicted molar refractivity (Wildman–Crippen MR) is 150 cm³/mol. The third kappa shape index (κ3) is 5.85. The second kappa shape index (κ2) is 10.7. The second-order valence-electron chi connectivity index (χ2n) is 10.8. The SMILES string of the molecule is Cc1cc(CC(=O)N/C(C=NC(C)(C)C)=C/N)ccc1Oc1ccnc2ccc(C3(C(N)=O)CCC3)cc12. The van der Waals surface area contributed by atoms with E-state index in [-0.39, 0.29) is 23.8 Å². The lowest BCUT2D eigenvalue weighted by Gasteiger charge is -2.39. The van der Waals surface area contributed by atoms with E-state index in [1.807, 2.05) is 70.2 Å². The van der Waals surface area contributed by atoms with Crippen LogP contribution in [0.25, 0.3) is 10.9 Å². The first-order valence-electron chi connectivity index (χ1n) is 12.7. The Kier molecular flexibility index (Phi) is 7.53.